The van der Waals surface area contributed by atoms with E-state index in [4.69, 9.17) is 0 Å². The first-order valence-corrected chi connectivity index (χ1v) is 13.0. The van der Waals surface area contributed by atoms with Gasteiger partial charge in [0, 0.05) is 5.66 Å². The molecule has 1 aromatic rings. The van der Waals surface area contributed by atoms with Gasteiger partial charge < -0.3 is 0 Å². The number of hydrogen-bond acceptors (Lipinski definition) is 0. The van der Waals surface area contributed by atoms with Crippen LogP contribution in [0.15, 0.2) is 30.3 Å². The second-order valence-corrected chi connectivity index (χ2v) is 17.1. The summed E-state index contributed by atoms with van der Waals surface area (Å²) in [7, 11) is 3.07. The summed E-state index contributed by atoms with van der Waals surface area (Å²) in [6.45, 7) is 22.2. The van der Waals surface area contributed by atoms with E-state index in [1.54, 1.807) is 22.0 Å². The summed E-state index contributed by atoms with van der Waals surface area (Å²) < 4.78 is 0. The Morgan fingerprint density at radius 2 is 1.27 bits per heavy atom. The Balaban J connectivity index is 2.29. The monoisotopic (exact) mass is 404 g/mol. The van der Waals surface area contributed by atoms with Crippen LogP contribution in [0, 0.1) is 16.2 Å². The molecule has 26 heavy (non-hydrogen) atoms. The van der Waals surface area contributed by atoms with Gasteiger partial charge in [0.05, 0.1) is 4.90 Å². The van der Waals surface area contributed by atoms with E-state index in [1.165, 1.54) is 6.42 Å². The molecule has 0 radical (unpaired) electrons. The lowest BCUT2D eigenvalue weighted by Crippen LogP contribution is -2.44. The van der Waals surface area contributed by atoms with E-state index in [1.807, 2.05) is 10.1 Å². The van der Waals surface area contributed by atoms with Crippen molar-refractivity contribution in [2.75, 3.05) is 0 Å². The molecule has 3 aliphatic heterocycles. The second kappa shape index (κ2) is 6.51. The Morgan fingerprint density at radius 1 is 0.808 bits per heavy atom. The van der Waals surface area contributed by atoms with Crippen LogP contribution < -0.4 is 0 Å². The van der Waals surface area contributed by atoms with Gasteiger partial charge in [-0.1, -0.05) is 109 Å². The standard InChI is InChI=1S/C23H35P3/c1-20(2,3)18-24-23(22(7,8)9)15-17(16-13-11-10-12-14-16)26(18)19(25-23)21(4,5)6/h10-14,17H,15H2,1-9H3/t17-,23?,26?/m1/s1. The molecule has 0 aliphatic carbocycles. The highest BCUT2D eigenvalue weighted by Crippen LogP contribution is 2.78. The number of benzene rings is 1. The van der Waals surface area contributed by atoms with Gasteiger partial charge in [-0.05, 0) is 46.2 Å². The summed E-state index contributed by atoms with van der Waals surface area (Å²) >= 11 is 0. The van der Waals surface area contributed by atoms with Crippen molar-refractivity contribution in [3.05, 3.63) is 35.9 Å². The smallest absolute Gasteiger partial charge is 0.0601 e. The first kappa shape index (κ1) is 20.7. The first-order valence-electron chi connectivity index (χ1n) is 9.81. The predicted molar refractivity (Wildman–Crippen MR) is 126 cm³/mol. The SMILES string of the molecule is CC(C)(C)C1=PC2(C(C)(C)C)C[C@H](c3ccccc3)P1C(C(C)(C)C)=P2. The molecule has 3 aliphatic rings. The van der Waals surface area contributed by atoms with Gasteiger partial charge in [0.1, 0.15) is 0 Å². The number of hydrogen-bond donors (Lipinski definition) is 0. The highest BCUT2D eigenvalue weighted by atomic mass is 31.2. The summed E-state index contributed by atoms with van der Waals surface area (Å²) in [4.78, 5) is 0.343. The average molecular weight is 404 g/mol. The molecule has 0 aromatic heterocycles. The quantitative estimate of drug-likeness (QED) is 0.411. The minimum atomic E-state index is -0.217. The van der Waals surface area contributed by atoms with Crippen LogP contribution in [0.25, 0.3) is 0 Å². The molecule has 0 amide bonds. The summed E-state index contributed by atoms with van der Waals surface area (Å²) in [5.74, 6) is 0. The van der Waals surface area contributed by atoms with Gasteiger partial charge in [0.15, 0.2) is 0 Å². The largest absolute Gasteiger partial charge is 0.0829 e. The molecule has 3 heterocycles. The van der Waals surface area contributed by atoms with Gasteiger partial charge in [0.25, 0.3) is 0 Å². The third-order valence-electron chi connectivity index (χ3n) is 5.55. The van der Waals surface area contributed by atoms with Crippen molar-refractivity contribution in [2.45, 2.75) is 79.3 Å². The fourth-order valence-corrected chi connectivity index (χ4v) is 14.8. The van der Waals surface area contributed by atoms with E-state index in [0.717, 1.165) is 0 Å². The zero-order valence-corrected chi connectivity index (χ0v) is 20.7. The molecular weight excluding hydrogens is 369 g/mol. The summed E-state index contributed by atoms with van der Waals surface area (Å²) in [6.07, 6.45) is 1.34. The molecule has 2 bridgehead atoms. The van der Waals surface area contributed by atoms with Crippen molar-refractivity contribution in [2.24, 2.45) is 16.2 Å². The highest BCUT2D eigenvalue weighted by Gasteiger charge is 2.55. The van der Waals surface area contributed by atoms with Crippen molar-refractivity contribution >= 4 is 34.4 Å². The maximum Gasteiger partial charge on any atom is 0.0601 e. The minimum Gasteiger partial charge on any atom is -0.0829 e. The Hall–Kier alpha value is -0.0100. The molecule has 3 heteroatoms. The van der Waals surface area contributed by atoms with Crippen LogP contribution in [-0.2, 0) is 0 Å². The zero-order chi connectivity index (χ0) is 19.5. The van der Waals surface area contributed by atoms with Gasteiger partial charge in [-0.25, -0.2) is 0 Å². The topological polar surface area (TPSA) is 0 Å². The lowest BCUT2D eigenvalue weighted by molar-refractivity contribution is 0.345. The van der Waals surface area contributed by atoms with Gasteiger partial charge in [-0.15, -0.1) is 0 Å². The second-order valence-electron chi connectivity index (χ2n) is 10.9. The zero-order valence-electron chi connectivity index (χ0n) is 18.0. The Bertz CT molecular complexity index is 704. The van der Waals surface area contributed by atoms with E-state index in [-0.39, 0.29) is 18.8 Å². The first-order chi connectivity index (χ1) is 11.8. The van der Waals surface area contributed by atoms with Crippen molar-refractivity contribution < 1.29 is 0 Å². The molecule has 0 unspecified atom stereocenters. The minimum absolute atomic E-state index is 0.217. The summed E-state index contributed by atoms with van der Waals surface area (Å²) in [5.41, 5.74) is 3.13. The Kier molecular flexibility index (Phi) is 5.19. The van der Waals surface area contributed by atoms with E-state index in [0.29, 0.717) is 16.0 Å². The third kappa shape index (κ3) is 3.52. The molecule has 4 rings (SSSR count). The lowest BCUT2D eigenvalue weighted by Gasteiger charge is -2.56. The van der Waals surface area contributed by atoms with Crippen LogP contribution >= 0.6 is 24.3 Å². The molecule has 0 saturated carbocycles. The molecule has 0 nitrogen and oxygen atoms in total. The van der Waals surface area contributed by atoms with Crippen molar-refractivity contribution in [3.8, 4) is 0 Å². The molecule has 0 N–H and O–H groups in total. The van der Waals surface area contributed by atoms with Gasteiger partial charge >= 0.3 is 0 Å². The molecule has 1 aromatic carbocycles. The van der Waals surface area contributed by atoms with Crippen LogP contribution in [0.4, 0.5) is 0 Å². The summed E-state index contributed by atoms with van der Waals surface area (Å²) in [6, 6.07) is 11.4. The third-order valence-corrected chi connectivity index (χ3v) is 15.6. The van der Waals surface area contributed by atoms with Crippen molar-refractivity contribution in [1.82, 2.24) is 0 Å². The van der Waals surface area contributed by atoms with E-state index in [9.17, 15) is 0 Å². The molecule has 142 valence electrons. The maximum absolute atomic E-state index is 2.48. The van der Waals surface area contributed by atoms with Crippen LogP contribution in [-0.4, -0.2) is 15.0 Å². The van der Waals surface area contributed by atoms with Crippen LogP contribution in [0.2, 0.25) is 0 Å². The average Bonchev–Trinajstić information content (AvgIpc) is 2.52. The normalized spacial score (nSPS) is 30.7. The fraction of sp³-hybridized carbons (Fsp3) is 0.652. The van der Waals surface area contributed by atoms with Gasteiger partial charge in [-0.3, -0.25) is 0 Å². The predicted octanol–water partition coefficient (Wildman–Crippen LogP) is 8.61. The molecule has 0 spiro atoms. The maximum atomic E-state index is 2.48. The molecule has 0 fully saturated rings. The van der Waals surface area contributed by atoms with E-state index < -0.39 is 0 Å². The Morgan fingerprint density at radius 3 is 1.65 bits per heavy atom. The summed E-state index contributed by atoms with van der Waals surface area (Å²) in [5, 5.41) is 3.68. The lowest BCUT2D eigenvalue weighted by atomic mass is 9.87. The number of fused-ring (bicyclic) bond motifs is 1. The van der Waals surface area contributed by atoms with Crippen LogP contribution in [0.3, 0.4) is 0 Å². The number of rotatable bonds is 1. The highest BCUT2D eigenvalue weighted by molar-refractivity contribution is 8.06. The fourth-order valence-electron chi connectivity index (χ4n) is 3.97. The van der Waals surface area contributed by atoms with Crippen LogP contribution in [0.1, 0.15) is 80.0 Å². The van der Waals surface area contributed by atoms with Crippen molar-refractivity contribution in [1.29, 1.82) is 0 Å². The van der Waals surface area contributed by atoms with Crippen LogP contribution in [0.5, 0.6) is 0 Å². The van der Waals surface area contributed by atoms with E-state index >= 15 is 0 Å². The van der Waals surface area contributed by atoms with Gasteiger partial charge in [0.2, 0.25) is 0 Å². The molecular formula is C23H35P3. The van der Waals surface area contributed by atoms with E-state index in [2.05, 4.69) is 92.6 Å². The molecule has 1 atom stereocenters. The molecule has 0 saturated heterocycles. The Labute approximate surface area is 165 Å². The van der Waals surface area contributed by atoms with Crippen molar-refractivity contribution in [3.63, 3.8) is 0 Å². The van der Waals surface area contributed by atoms with Gasteiger partial charge in [-0.2, -0.15) is 0 Å².